The fourth-order valence-corrected chi connectivity index (χ4v) is 5.99. The van der Waals surface area contributed by atoms with Gasteiger partial charge in [-0.05, 0) is 68.4 Å². The smallest absolute Gasteiger partial charge is 0.254 e. The number of amides is 2. The minimum atomic E-state index is -0.520. The number of benzene rings is 2. The molecule has 3 N–H and O–H groups in total. The highest BCUT2D eigenvalue weighted by molar-refractivity contribution is 5.97. The van der Waals surface area contributed by atoms with E-state index in [9.17, 15) is 9.59 Å². The molecule has 7 nitrogen and oxygen atoms in total. The summed E-state index contributed by atoms with van der Waals surface area (Å²) in [5.74, 6) is 1.34. The molecule has 7 heteroatoms. The minimum Gasteiger partial charge on any atom is -0.497 e. The first kappa shape index (κ1) is 28.1. The molecule has 1 saturated carbocycles. The number of nitrogens with one attached hydrogen (secondary N) is 1. The quantitative estimate of drug-likeness (QED) is 0.492. The van der Waals surface area contributed by atoms with Gasteiger partial charge in [-0.25, -0.2) is 0 Å². The largest absolute Gasteiger partial charge is 0.497 e. The second-order valence-corrected chi connectivity index (χ2v) is 10.9. The fraction of sp³-hybridized carbons (Fsp3) is 0.548. The summed E-state index contributed by atoms with van der Waals surface area (Å²) in [6.07, 6.45) is 7.91. The van der Waals surface area contributed by atoms with Gasteiger partial charge in [-0.15, -0.1) is 0 Å². The van der Waals surface area contributed by atoms with E-state index in [1.807, 2.05) is 43.3 Å². The average Bonchev–Trinajstić information content (AvgIpc) is 2.96. The molecule has 2 aromatic rings. The van der Waals surface area contributed by atoms with E-state index >= 15 is 0 Å². The summed E-state index contributed by atoms with van der Waals surface area (Å²) in [6.45, 7) is 5.16. The van der Waals surface area contributed by atoms with E-state index in [4.69, 9.17) is 10.5 Å². The molecule has 1 aliphatic carbocycles. The van der Waals surface area contributed by atoms with Crippen molar-refractivity contribution in [3.63, 3.8) is 0 Å². The SMILES string of the molecule is COc1cccc(CN(CC2CCCCC2)C2CCN(C(=O)c3ccc(C)cc3)[C@@H](C(=O)NCCN)C2)c1. The predicted molar refractivity (Wildman–Crippen MR) is 151 cm³/mol. The Hall–Kier alpha value is -2.90. The first-order valence-corrected chi connectivity index (χ1v) is 14.2. The molecule has 1 saturated heterocycles. The van der Waals surface area contributed by atoms with Gasteiger partial charge in [0.05, 0.1) is 7.11 Å². The number of likely N-dealkylation sites (tertiary alicyclic amines) is 1. The number of nitrogens with zero attached hydrogens (tertiary/aromatic N) is 2. The summed E-state index contributed by atoms with van der Waals surface area (Å²) >= 11 is 0. The molecular weight excluding hydrogens is 476 g/mol. The van der Waals surface area contributed by atoms with Crippen molar-refractivity contribution < 1.29 is 14.3 Å². The lowest BCUT2D eigenvalue weighted by Crippen LogP contribution is -2.58. The molecule has 1 heterocycles. The number of methoxy groups -OCH3 is 1. The standard InChI is InChI=1S/C31H44N4O3/c1-23-11-13-26(14-12-23)31(37)35-18-15-27(20-29(35)30(36)33-17-16-32)34(21-24-7-4-3-5-8-24)22-25-9-6-10-28(19-25)38-2/h6,9-14,19,24,27,29H,3-5,7-8,15-18,20-22,32H2,1-2H3,(H,33,36)/t27?,29-/m1/s1. The van der Waals surface area contributed by atoms with Gasteiger partial charge < -0.3 is 20.7 Å². The van der Waals surface area contributed by atoms with Crippen molar-refractivity contribution in [3.05, 3.63) is 65.2 Å². The lowest BCUT2D eigenvalue weighted by molar-refractivity contribution is -0.127. The zero-order valence-electron chi connectivity index (χ0n) is 23.0. The number of aryl methyl sites for hydroxylation is 1. The van der Waals surface area contributed by atoms with E-state index in [1.165, 1.54) is 37.7 Å². The summed E-state index contributed by atoms with van der Waals surface area (Å²) in [6, 6.07) is 15.6. The van der Waals surface area contributed by atoms with Gasteiger partial charge in [-0.3, -0.25) is 14.5 Å². The topological polar surface area (TPSA) is 87.9 Å². The van der Waals surface area contributed by atoms with Gasteiger partial charge in [0.1, 0.15) is 11.8 Å². The van der Waals surface area contributed by atoms with Crippen LogP contribution in [0.1, 0.15) is 66.4 Å². The van der Waals surface area contributed by atoms with E-state index in [1.54, 1.807) is 12.0 Å². The molecule has 0 spiro atoms. The van der Waals surface area contributed by atoms with Crippen molar-refractivity contribution in [1.82, 2.24) is 15.1 Å². The van der Waals surface area contributed by atoms with Crippen molar-refractivity contribution in [1.29, 1.82) is 0 Å². The predicted octanol–water partition coefficient (Wildman–Crippen LogP) is 4.13. The lowest BCUT2D eigenvalue weighted by Gasteiger charge is -2.44. The highest BCUT2D eigenvalue weighted by Gasteiger charge is 2.39. The summed E-state index contributed by atoms with van der Waals surface area (Å²) in [7, 11) is 1.70. The Labute approximate surface area is 227 Å². The van der Waals surface area contributed by atoms with Crippen LogP contribution in [0.4, 0.5) is 0 Å². The van der Waals surface area contributed by atoms with Crippen molar-refractivity contribution >= 4 is 11.8 Å². The second-order valence-electron chi connectivity index (χ2n) is 10.9. The van der Waals surface area contributed by atoms with Crippen molar-refractivity contribution in [2.24, 2.45) is 11.7 Å². The van der Waals surface area contributed by atoms with E-state index < -0.39 is 6.04 Å². The normalized spacial score (nSPS) is 20.4. The number of ether oxygens (including phenoxy) is 1. The number of rotatable bonds is 10. The van der Waals surface area contributed by atoms with Crippen LogP contribution in [0.5, 0.6) is 5.75 Å². The van der Waals surface area contributed by atoms with Gasteiger partial charge in [-0.2, -0.15) is 0 Å². The van der Waals surface area contributed by atoms with E-state index in [2.05, 4.69) is 22.3 Å². The van der Waals surface area contributed by atoms with Gasteiger partial charge in [-0.1, -0.05) is 49.1 Å². The summed E-state index contributed by atoms with van der Waals surface area (Å²) in [5.41, 5.74) is 8.62. The monoisotopic (exact) mass is 520 g/mol. The Morgan fingerprint density at radius 2 is 1.84 bits per heavy atom. The van der Waals surface area contributed by atoms with Gasteiger partial charge >= 0.3 is 0 Å². The molecule has 2 fully saturated rings. The van der Waals surface area contributed by atoms with Gasteiger partial charge in [0.25, 0.3) is 5.91 Å². The van der Waals surface area contributed by atoms with Crippen LogP contribution in [0, 0.1) is 12.8 Å². The third-order valence-corrected chi connectivity index (χ3v) is 8.13. The average molecular weight is 521 g/mol. The maximum absolute atomic E-state index is 13.5. The molecule has 2 amide bonds. The molecule has 1 unspecified atom stereocenters. The van der Waals surface area contributed by atoms with Crippen LogP contribution in [0.3, 0.4) is 0 Å². The molecular formula is C31H44N4O3. The summed E-state index contributed by atoms with van der Waals surface area (Å²) in [4.78, 5) is 31.3. The third kappa shape index (κ3) is 7.35. The van der Waals surface area contributed by atoms with Crippen LogP contribution in [-0.2, 0) is 11.3 Å². The first-order chi connectivity index (χ1) is 18.5. The van der Waals surface area contributed by atoms with E-state index in [0.29, 0.717) is 37.5 Å². The fourth-order valence-electron chi connectivity index (χ4n) is 5.99. The molecule has 0 aromatic heterocycles. The summed E-state index contributed by atoms with van der Waals surface area (Å²) in [5, 5.41) is 2.96. The Morgan fingerprint density at radius 1 is 1.08 bits per heavy atom. The van der Waals surface area contributed by atoms with Gasteiger partial charge in [0.2, 0.25) is 5.91 Å². The molecule has 4 rings (SSSR count). The zero-order valence-corrected chi connectivity index (χ0v) is 23.0. The highest BCUT2D eigenvalue weighted by Crippen LogP contribution is 2.30. The Morgan fingerprint density at radius 3 is 2.55 bits per heavy atom. The molecule has 2 aliphatic rings. The third-order valence-electron chi connectivity index (χ3n) is 8.13. The van der Waals surface area contributed by atoms with Crippen LogP contribution < -0.4 is 15.8 Å². The zero-order chi connectivity index (χ0) is 26.9. The van der Waals surface area contributed by atoms with Crippen molar-refractivity contribution in [2.45, 2.75) is 70.5 Å². The van der Waals surface area contributed by atoms with Crippen LogP contribution >= 0.6 is 0 Å². The molecule has 1 aliphatic heterocycles. The van der Waals surface area contributed by atoms with Crippen LogP contribution in [-0.4, -0.2) is 67.0 Å². The number of piperidine rings is 1. The lowest BCUT2D eigenvalue weighted by atomic mass is 9.87. The van der Waals surface area contributed by atoms with E-state index in [0.717, 1.165) is 30.8 Å². The highest BCUT2D eigenvalue weighted by atomic mass is 16.5. The van der Waals surface area contributed by atoms with Gasteiger partial charge in [0.15, 0.2) is 0 Å². The van der Waals surface area contributed by atoms with Crippen LogP contribution in [0.15, 0.2) is 48.5 Å². The first-order valence-electron chi connectivity index (χ1n) is 14.2. The number of carbonyl (C=O) groups is 2. The number of hydrogen-bond acceptors (Lipinski definition) is 5. The van der Waals surface area contributed by atoms with Crippen molar-refractivity contribution in [3.8, 4) is 5.75 Å². The Balaban J connectivity index is 1.56. The van der Waals surface area contributed by atoms with Gasteiger partial charge in [0, 0.05) is 44.3 Å². The minimum absolute atomic E-state index is 0.0806. The maximum Gasteiger partial charge on any atom is 0.254 e. The van der Waals surface area contributed by atoms with Crippen molar-refractivity contribution in [2.75, 3.05) is 33.3 Å². The molecule has 206 valence electrons. The Bertz CT molecular complexity index is 1050. The molecule has 0 radical (unpaired) electrons. The van der Waals surface area contributed by atoms with Crippen LogP contribution in [0.2, 0.25) is 0 Å². The Kier molecular flexibility index (Phi) is 10.2. The number of carbonyl (C=O) groups excluding carboxylic acids is 2. The molecule has 0 bridgehead atoms. The summed E-state index contributed by atoms with van der Waals surface area (Å²) < 4.78 is 5.48. The maximum atomic E-state index is 13.5. The second kappa shape index (κ2) is 13.8. The van der Waals surface area contributed by atoms with E-state index in [-0.39, 0.29) is 17.9 Å². The number of nitrogens with two attached hydrogens (primary N) is 1. The molecule has 2 aromatic carbocycles. The number of hydrogen-bond donors (Lipinski definition) is 2. The molecule has 38 heavy (non-hydrogen) atoms. The van der Waals surface area contributed by atoms with Crippen LogP contribution in [0.25, 0.3) is 0 Å². The molecule has 2 atom stereocenters.